The predicted molar refractivity (Wildman–Crippen MR) is 64.4 cm³/mol. The molecule has 0 radical (unpaired) electrons. The molecule has 0 amide bonds. The van der Waals surface area contributed by atoms with Gasteiger partial charge in [0.25, 0.3) is 0 Å². The smallest absolute Gasteiger partial charge is 0.0889 e. The average molecular weight is 213 g/mol. The normalized spacial score (nSPS) is 21.1. The molecule has 3 heteroatoms. The number of nitrogens with one attached hydrogen (secondary N) is 1. The molecular weight excluding hydrogens is 198 g/mol. The van der Waals surface area contributed by atoms with Crippen LogP contribution >= 0.6 is 0 Å². The van der Waals surface area contributed by atoms with Crippen LogP contribution in [0.4, 0.5) is 0 Å². The second kappa shape index (κ2) is 4.18. The van der Waals surface area contributed by atoms with E-state index < -0.39 is 0 Å². The van der Waals surface area contributed by atoms with E-state index in [9.17, 15) is 0 Å². The van der Waals surface area contributed by atoms with Gasteiger partial charge in [-0.1, -0.05) is 6.07 Å². The summed E-state index contributed by atoms with van der Waals surface area (Å²) in [6.07, 6.45) is 6.04. The highest BCUT2D eigenvalue weighted by molar-refractivity contribution is 5.74. The van der Waals surface area contributed by atoms with E-state index in [2.05, 4.69) is 33.5 Å². The van der Waals surface area contributed by atoms with Crippen LogP contribution in [0.1, 0.15) is 24.3 Å². The predicted octanol–water partition coefficient (Wildman–Crippen LogP) is 2.10. The molecule has 1 fully saturated rings. The molecule has 1 aromatic heterocycles. The van der Waals surface area contributed by atoms with Gasteiger partial charge in [-0.3, -0.25) is 9.97 Å². The molecule has 3 rings (SSSR count). The van der Waals surface area contributed by atoms with Gasteiger partial charge >= 0.3 is 0 Å². The monoisotopic (exact) mass is 213 g/mol. The van der Waals surface area contributed by atoms with Crippen molar-refractivity contribution in [3.8, 4) is 0 Å². The van der Waals surface area contributed by atoms with Gasteiger partial charge in [-0.2, -0.15) is 0 Å². The first kappa shape index (κ1) is 9.73. The molecule has 3 nitrogen and oxygen atoms in total. The Kier molecular flexibility index (Phi) is 2.54. The van der Waals surface area contributed by atoms with Crippen LogP contribution in [0.5, 0.6) is 0 Å². The summed E-state index contributed by atoms with van der Waals surface area (Å²) >= 11 is 0. The molecule has 1 N–H and O–H groups in total. The lowest BCUT2D eigenvalue weighted by molar-refractivity contribution is 0.462. The van der Waals surface area contributed by atoms with Crippen molar-refractivity contribution in [3.63, 3.8) is 0 Å². The Balaban J connectivity index is 1.97. The summed E-state index contributed by atoms with van der Waals surface area (Å²) in [5.41, 5.74) is 3.38. The van der Waals surface area contributed by atoms with Gasteiger partial charge in [0.15, 0.2) is 0 Å². The van der Waals surface area contributed by atoms with Crippen LogP contribution in [0.3, 0.4) is 0 Å². The topological polar surface area (TPSA) is 37.8 Å². The lowest BCUT2D eigenvalue weighted by Gasteiger charge is -2.23. The summed E-state index contributed by atoms with van der Waals surface area (Å²) in [6.45, 7) is 2.25. The molecule has 0 spiro atoms. The third-order valence-corrected chi connectivity index (χ3v) is 3.26. The quantitative estimate of drug-likeness (QED) is 0.788. The van der Waals surface area contributed by atoms with E-state index in [4.69, 9.17) is 0 Å². The SMILES string of the molecule is c1cnc2cc(C3CCCNC3)ccc2n1. The van der Waals surface area contributed by atoms with Gasteiger partial charge in [-0.05, 0) is 43.0 Å². The molecule has 82 valence electrons. The molecule has 0 aliphatic carbocycles. The standard InChI is InChI=1S/C13H15N3/c1-2-11(9-14-5-1)10-3-4-12-13(8-10)16-7-6-15-12/h3-4,6-8,11,14H,1-2,5,9H2. The second-order valence-electron chi connectivity index (χ2n) is 4.35. The van der Waals surface area contributed by atoms with E-state index in [1.54, 1.807) is 12.4 Å². The minimum absolute atomic E-state index is 0.639. The van der Waals surface area contributed by atoms with Crippen molar-refractivity contribution >= 4 is 11.0 Å². The Morgan fingerprint density at radius 3 is 2.81 bits per heavy atom. The minimum atomic E-state index is 0.639. The molecule has 1 aromatic carbocycles. The zero-order chi connectivity index (χ0) is 10.8. The maximum atomic E-state index is 4.35. The number of hydrogen-bond acceptors (Lipinski definition) is 3. The van der Waals surface area contributed by atoms with Crippen LogP contribution in [0.15, 0.2) is 30.6 Å². The third-order valence-electron chi connectivity index (χ3n) is 3.26. The molecule has 2 aromatic rings. The zero-order valence-corrected chi connectivity index (χ0v) is 9.19. The van der Waals surface area contributed by atoms with Crippen molar-refractivity contribution in [1.82, 2.24) is 15.3 Å². The molecular formula is C13H15N3. The van der Waals surface area contributed by atoms with Crippen LogP contribution in [0, 0.1) is 0 Å². The zero-order valence-electron chi connectivity index (χ0n) is 9.19. The van der Waals surface area contributed by atoms with Crippen molar-refractivity contribution in [2.45, 2.75) is 18.8 Å². The summed E-state index contributed by atoms with van der Waals surface area (Å²) in [5, 5.41) is 3.45. The molecule has 1 aliphatic rings. The Hall–Kier alpha value is -1.48. The van der Waals surface area contributed by atoms with Gasteiger partial charge in [-0.15, -0.1) is 0 Å². The Morgan fingerprint density at radius 1 is 1.12 bits per heavy atom. The Bertz CT molecular complexity index is 489. The number of nitrogens with zero attached hydrogens (tertiary/aromatic N) is 2. The van der Waals surface area contributed by atoms with Crippen LogP contribution in [0.25, 0.3) is 11.0 Å². The summed E-state index contributed by atoms with van der Waals surface area (Å²) in [4.78, 5) is 8.64. The second-order valence-corrected chi connectivity index (χ2v) is 4.35. The number of piperidine rings is 1. The molecule has 1 unspecified atom stereocenters. The van der Waals surface area contributed by atoms with E-state index >= 15 is 0 Å². The van der Waals surface area contributed by atoms with Gasteiger partial charge in [-0.25, -0.2) is 0 Å². The van der Waals surface area contributed by atoms with Crippen molar-refractivity contribution < 1.29 is 0 Å². The van der Waals surface area contributed by atoms with Gasteiger partial charge in [0.2, 0.25) is 0 Å². The largest absolute Gasteiger partial charge is 0.316 e. The lowest BCUT2D eigenvalue weighted by atomic mass is 9.91. The van der Waals surface area contributed by atoms with E-state index in [1.165, 1.54) is 18.4 Å². The van der Waals surface area contributed by atoms with E-state index in [1.807, 2.05) is 0 Å². The number of fused-ring (bicyclic) bond motifs is 1. The minimum Gasteiger partial charge on any atom is -0.316 e. The molecule has 0 saturated carbocycles. The summed E-state index contributed by atoms with van der Waals surface area (Å²) in [5.74, 6) is 0.639. The number of rotatable bonds is 1. The average Bonchev–Trinajstić information content (AvgIpc) is 2.39. The lowest BCUT2D eigenvalue weighted by Crippen LogP contribution is -2.28. The van der Waals surface area contributed by atoms with Gasteiger partial charge < -0.3 is 5.32 Å². The fourth-order valence-electron chi connectivity index (χ4n) is 2.37. The fourth-order valence-corrected chi connectivity index (χ4v) is 2.37. The molecule has 1 aliphatic heterocycles. The molecule has 16 heavy (non-hydrogen) atoms. The maximum Gasteiger partial charge on any atom is 0.0889 e. The van der Waals surface area contributed by atoms with E-state index in [-0.39, 0.29) is 0 Å². The molecule has 0 bridgehead atoms. The number of hydrogen-bond donors (Lipinski definition) is 1. The van der Waals surface area contributed by atoms with Crippen molar-refractivity contribution in [2.24, 2.45) is 0 Å². The summed E-state index contributed by atoms with van der Waals surface area (Å²) in [7, 11) is 0. The molecule has 1 saturated heterocycles. The van der Waals surface area contributed by atoms with E-state index in [0.29, 0.717) is 5.92 Å². The highest BCUT2D eigenvalue weighted by atomic mass is 14.9. The molecule has 1 atom stereocenters. The Labute approximate surface area is 94.9 Å². The molecule has 2 heterocycles. The van der Waals surface area contributed by atoms with Crippen molar-refractivity contribution in [2.75, 3.05) is 13.1 Å². The van der Waals surface area contributed by atoms with E-state index in [0.717, 1.165) is 24.1 Å². The first-order valence-electron chi connectivity index (χ1n) is 5.85. The van der Waals surface area contributed by atoms with Gasteiger partial charge in [0, 0.05) is 18.9 Å². The Morgan fingerprint density at radius 2 is 2.00 bits per heavy atom. The van der Waals surface area contributed by atoms with Gasteiger partial charge in [0.05, 0.1) is 11.0 Å². The number of benzene rings is 1. The maximum absolute atomic E-state index is 4.35. The highest BCUT2D eigenvalue weighted by Crippen LogP contribution is 2.24. The van der Waals surface area contributed by atoms with Crippen LogP contribution in [-0.4, -0.2) is 23.1 Å². The highest BCUT2D eigenvalue weighted by Gasteiger charge is 2.15. The van der Waals surface area contributed by atoms with Crippen LogP contribution < -0.4 is 5.32 Å². The van der Waals surface area contributed by atoms with Gasteiger partial charge in [0.1, 0.15) is 0 Å². The van der Waals surface area contributed by atoms with Crippen LogP contribution in [0.2, 0.25) is 0 Å². The summed E-state index contributed by atoms with van der Waals surface area (Å²) < 4.78 is 0. The fraction of sp³-hybridized carbons (Fsp3) is 0.385. The summed E-state index contributed by atoms with van der Waals surface area (Å²) in [6, 6.07) is 6.45. The third kappa shape index (κ3) is 1.78. The van der Waals surface area contributed by atoms with Crippen LogP contribution in [-0.2, 0) is 0 Å². The first-order chi connectivity index (χ1) is 7.93. The number of aromatic nitrogens is 2. The first-order valence-corrected chi connectivity index (χ1v) is 5.85. The van der Waals surface area contributed by atoms with Crippen molar-refractivity contribution in [1.29, 1.82) is 0 Å². The van der Waals surface area contributed by atoms with Crippen molar-refractivity contribution in [3.05, 3.63) is 36.2 Å².